The molecule has 0 atom stereocenters. The molecular formula is C54H43N. The van der Waals surface area contributed by atoms with Crippen LogP contribution in [0.3, 0.4) is 0 Å². The van der Waals surface area contributed by atoms with Crippen LogP contribution in [0.15, 0.2) is 188 Å². The second-order valence-electron chi connectivity index (χ2n) is 16.1. The Balaban J connectivity index is 1.16. The minimum atomic E-state index is -0.212. The maximum absolute atomic E-state index is 2.48. The van der Waals surface area contributed by atoms with Gasteiger partial charge >= 0.3 is 0 Å². The summed E-state index contributed by atoms with van der Waals surface area (Å²) in [5, 5.41) is 0. The molecule has 0 spiro atoms. The average molecular weight is 706 g/mol. The highest BCUT2D eigenvalue weighted by atomic mass is 15.1. The molecule has 0 saturated carbocycles. The fraction of sp³-hybridized carbons (Fsp3) is 0.111. The van der Waals surface area contributed by atoms with Crippen molar-refractivity contribution in [2.24, 2.45) is 0 Å². The highest BCUT2D eigenvalue weighted by Gasteiger charge is 2.37. The SMILES string of the molecule is CC1(C)c2cc(-c3cccc4c3-c3ccccc3-c3ccccc3C(C)(C)c3ccccc3-4)ccc2-c2ccc(N(c3ccccc3)c3ccccc3)cc21. The molecule has 0 radical (unpaired) electrons. The number of anilines is 3. The lowest BCUT2D eigenvalue weighted by atomic mass is 9.73. The van der Waals surface area contributed by atoms with Crippen molar-refractivity contribution in [2.45, 2.75) is 38.5 Å². The number of nitrogens with zero attached hydrogens (tertiary/aromatic N) is 1. The Bertz CT molecular complexity index is 2710. The van der Waals surface area contributed by atoms with E-state index in [2.05, 4.69) is 221 Å². The molecule has 0 unspecified atom stereocenters. The molecule has 264 valence electrons. The van der Waals surface area contributed by atoms with Crippen LogP contribution in [-0.4, -0.2) is 0 Å². The molecule has 1 heteroatoms. The maximum atomic E-state index is 2.48. The highest BCUT2D eigenvalue weighted by Crippen LogP contribution is 2.54. The number of rotatable bonds is 4. The van der Waals surface area contributed by atoms with E-state index in [1.54, 1.807) is 0 Å². The van der Waals surface area contributed by atoms with Crippen LogP contribution in [0.1, 0.15) is 49.9 Å². The fourth-order valence-electron chi connectivity index (χ4n) is 9.55. The van der Waals surface area contributed by atoms with E-state index < -0.39 is 0 Å². The van der Waals surface area contributed by atoms with Gasteiger partial charge in [0.15, 0.2) is 0 Å². The van der Waals surface area contributed by atoms with Gasteiger partial charge in [0.25, 0.3) is 0 Å². The van der Waals surface area contributed by atoms with E-state index in [1.165, 1.54) is 77.9 Å². The van der Waals surface area contributed by atoms with Gasteiger partial charge in [-0.2, -0.15) is 0 Å². The first-order valence-electron chi connectivity index (χ1n) is 19.4. The van der Waals surface area contributed by atoms with Gasteiger partial charge in [-0.3, -0.25) is 0 Å². The Kier molecular flexibility index (Phi) is 7.58. The number of fused-ring (bicyclic) bond motifs is 10. The maximum Gasteiger partial charge on any atom is 0.0465 e. The van der Waals surface area contributed by atoms with Crippen molar-refractivity contribution in [3.05, 3.63) is 210 Å². The summed E-state index contributed by atoms with van der Waals surface area (Å²) in [6.07, 6.45) is 0. The summed E-state index contributed by atoms with van der Waals surface area (Å²) in [6.45, 7) is 9.55. The van der Waals surface area contributed by atoms with Crippen molar-refractivity contribution < 1.29 is 0 Å². The number of hydrogen-bond acceptors (Lipinski definition) is 1. The van der Waals surface area contributed by atoms with Gasteiger partial charge in [-0.15, -0.1) is 0 Å². The van der Waals surface area contributed by atoms with Gasteiger partial charge in [0, 0.05) is 27.9 Å². The zero-order chi connectivity index (χ0) is 37.3. The standard InChI is InChI=1S/C54H43N/c1-53(2)48-28-15-13-23-42(48)41-22-11-12-25-46(41)52-40(26-17-27-47(52)43-24-14-16-29-49(43)53)36-30-32-44-45-33-31-39(35-51(45)54(3,4)50(44)34-36)55(37-18-7-5-8-19-37)38-20-9-6-10-21-38/h5-35H,1-4H3. The van der Waals surface area contributed by atoms with Crippen LogP contribution in [0.5, 0.6) is 0 Å². The van der Waals surface area contributed by atoms with Gasteiger partial charge in [0.2, 0.25) is 0 Å². The Labute approximate surface area is 325 Å². The summed E-state index contributed by atoms with van der Waals surface area (Å²) < 4.78 is 0. The molecule has 0 fully saturated rings. The molecule has 0 aliphatic heterocycles. The zero-order valence-electron chi connectivity index (χ0n) is 31.8. The summed E-state index contributed by atoms with van der Waals surface area (Å²) >= 11 is 0. The van der Waals surface area contributed by atoms with E-state index in [0.29, 0.717) is 0 Å². The average Bonchev–Trinajstić information content (AvgIpc) is 3.47. The first-order chi connectivity index (χ1) is 26.8. The third-order valence-corrected chi connectivity index (χ3v) is 12.3. The molecule has 0 bridgehead atoms. The predicted molar refractivity (Wildman–Crippen MR) is 233 cm³/mol. The highest BCUT2D eigenvalue weighted by molar-refractivity contribution is 6.02. The molecule has 0 aromatic heterocycles. The molecular weight excluding hydrogens is 663 g/mol. The fourth-order valence-corrected chi connectivity index (χ4v) is 9.55. The van der Waals surface area contributed by atoms with E-state index >= 15 is 0 Å². The molecule has 2 aliphatic rings. The summed E-state index contributed by atoms with van der Waals surface area (Å²) in [7, 11) is 0. The van der Waals surface area contributed by atoms with Crippen LogP contribution in [0, 0.1) is 0 Å². The lowest BCUT2D eigenvalue weighted by molar-refractivity contribution is 0.645. The molecule has 1 nitrogen and oxygen atoms in total. The molecule has 55 heavy (non-hydrogen) atoms. The molecule has 2 aliphatic carbocycles. The first kappa shape index (κ1) is 33.2. The molecule has 10 rings (SSSR count). The molecule has 8 aromatic rings. The summed E-state index contributed by atoms with van der Waals surface area (Å²) in [4.78, 5) is 2.36. The summed E-state index contributed by atoms with van der Waals surface area (Å²) in [6, 6.07) is 69.7. The van der Waals surface area contributed by atoms with Gasteiger partial charge in [-0.05, 0) is 120 Å². The second-order valence-corrected chi connectivity index (χ2v) is 16.1. The van der Waals surface area contributed by atoms with Crippen LogP contribution < -0.4 is 4.90 Å². The van der Waals surface area contributed by atoms with Crippen LogP contribution in [0.4, 0.5) is 17.1 Å². The molecule has 0 heterocycles. The van der Waals surface area contributed by atoms with E-state index in [4.69, 9.17) is 0 Å². The molecule has 8 aromatic carbocycles. The van der Waals surface area contributed by atoms with E-state index in [-0.39, 0.29) is 10.8 Å². The van der Waals surface area contributed by atoms with Gasteiger partial charge in [-0.25, -0.2) is 0 Å². The van der Waals surface area contributed by atoms with Crippen molar-refractivity contribution in [1.82, 2.24) is 0 Å². The van der Waals surface area contributed by atoms with E-state index in [9.17, 15) is 0 Å². The smallest absolute Gasteiger partial charge is 0.0465 e. The molecule has 0 saturated heterocycles. The Hall–Kier alpha value is -6.44. The van der Waals surface area contributed by atoms with Gasteiger partial charge in [0.1, 0.15) is 0 Å². The van der Waals surface area contributed by atoms with Crippen molar-refractivity contribution >= 4 is 17.1 Å². The lowest BCUT2D eigenvalue weighted by Gasteiger charge is -2.30. The Morgan fingerprint density at radius 2 is 0.727 bits per heavy atom. The number of para-hydroxylation sites is 2. The van der Waals surface area contributed by atoms with Gasteiger partial charge < -0.3 is 4.90 Å². The lowest BCUT2D eigenvalue weighted by Crippen LogP contribution is -2.20. The first-order valence-corrected chi connectivity index (χ1v) is 19.4. The Morgan fingerprint density at radius 3 is 1.36 bits per heavy atom. The second kappa shape index (κ2) is 12.6. The zero-order valence-corrected chi connectivity index (χ0v) is 31.8. The summed E-state index contributed by atoms with van der Waals surface area (Å²) in [5.41, 5.74) is 21.3. The van der Waals surface area contributed by atoms with Gasteiger partial charge in [-0.1, -0.05) is 173 Å². The number of hydrogen-bond donors (Lipinski definition) is 0. The normalized spacial score (nSPS) is 14.1. The minimum absolute atomic E-state index is 0.204. The predicted octanol–water partition coefficient (Wildman–Crippen LogP) is 14.8. The van der Waals surface area contributed by atoms with Crippen molar-refractivity contribution in [3.8, 4) is 55.6 Å². The quantitative estimate of drug-likeness (QED) is 0.176. The van der Waals surface area contributed by atoms with E-state index in [0.717, 1.165) is 17.1 Å². The largest absolute Gasteiger partial charge is 0.310 e. The molecule has 0 amide bonds. The number of benzene rings is 8. The monoisotopic (exact) mass is 705 g/mol. The van der Waals surface area contributed by atoms with Crippen LogP contribution in [0.25, 0.3) is 55.6 Å². The van der Waals surface area contributed by atoms with Crippen molar-refractivity contribution in [1.29, 1.82) is 0 Å². The van der Waals surface area contributed by atoms with Crippen molar-refractivity contribution in [3.63, 3.8) is 0 Å². The topological polar surface area (TPSA) is 3.24 Å². The van der Waals surface area contributed by atoms with Gasteiger partial charge in [0.05, 0.1) is 0 Å². The van der Waals surface area contributed by atoms with E-state index in [1.807, 2.05) is 0 Å². The third kappa shape index (κ3) is 5.14. The van der Waals surface area contributed by atoms with Crippen molar-refractivity contribution in [2.75, 3.05) is 4.90 Å². The minimum Gasteiger partial charge on any atom is -0.310 e. The van der Waals surface area contributed by atoms with Crippen LogP contribution in [-0.2, 0) is 10.8 Å². The molecule has 0 N–H and O–H groups in total. The van der Waals surface area contributed by atoms with Crippen LogP contribution >= 0.6 is 0 Å². The third-order valence-electron chi connectivity index (χ3n) is 12.3. The summed E-state index contributed by atoms with van der Waals surface area (Å²) in [5.74, 6) is 0. The van der Waals surface area contributed by atoms with Crippen LogP contribution in [0.2, 0.25) is 0 Å². The Morgan fingerprint density at radius 1 is 0.291 bits per heavy atom.